The van der Waals surface area contributed by atoms with E-state index in [1.807, 2.05) is 18.2 Å². The summed E-state index contributed by atoms with van der Waals surface area (Å²) in [7, 11) is 0. The molecular formula is C21H25FN2O4. The summed E-state index contributed by atoms with van der Waals surface area (Å²) in [5.41, 5.74) is 8.55. The monoisotopic (exact) mass is 390 g/mol. The topological polar surface area (TPSA) is 113 Å². The molecule has 4 N–H and O–H groups in total. The average Bonchev–Trinajstić information content (AvgIpc) is 2.70. The lowest BCUT2D eigenvalue weighted by atomic mass is 9.81. The van der Waals surface area contributed by atoms with Crippen LogP contribution >= 0.6 is 0 Å². The van der Waals surface area contributed by atoms with E-state index in [2.05, 4.69) is 1.45 Å². The standard InChI is InChI=1S/C20H20N2O4.CH4.FH/c21-20(22)13-3-1-12(2-4-13)11-26-16-7-8-17-14(9-16)5-6-15(19(17)25)10-18(23)24;;/h1-4,7-9,15H,5-6,10-11H2,(H3,21,22)(H,23,24);1H4;1H/i/hT. The number of carboxylic acid groups (broad SMARTS) is 1. The van der Waals surface area contributed by atoms with Crippen molar-refractivity contribution in [2.45, 2.75) is 33.3 Å². The Kier molecular flexibility index (Phi) is 7.26. The first kappa shape index (κ1) is 21.1. The first-order chi connectivity index (χ1) is 13.4. The van der Waals surface area contributed by atoms with Crippen LogP contribution in [-0.2, 0) is 17.8 Å². The molecular weight excluding hydrogens is 363 g/mol. The van der Waals surface area contributed by atoms with Crippen molar-refractivity contribution in [3.8, 4) is 5.75 Å². The van der Waals surface area contributed by atoms with Crippen LogP contribution in [0.15, 0.2) is 42.5 Å². The Labute approximate surface area is 164 Å². The molecule has 1 unspecified atom stereocenters. The highest BCUT2D eigenvalue weighted by molar-refractivity contribution is 6.01. The van der Waals surface area contributed by atoms with Crippen molar-refractivity contribution in [2.24, 2.45) is 11.7 Å². The lowest BCUT2D eigenvalue weighted by molar-refractivity contribution is -0.137. The van der Waals surface area contributed by atoms with Crippen LogP contribution in [0.3, 0.4) is 0 Å². The van der Waals surface area contributed by atoms with E-state index in [0.717, 1.165) is 11.1 Å². The zero-order valence-corrected chi connectivity index (χ0v) is 14.6. The Morgan fingerprint density at radius 2 is 1.96 bits per heavy atom. The van der Waals surface area contributed by atoms with E-state index in [9.17, 15) is 9.59 Å². The molecule has 0 saturated carbocycles. The van der Waals surface area contributed by atoms with E-state index in [-0.39, 0.29) is 25.5 Å². The maximum atomic E-state index is 12.4. The molecule has 0 amide bonds. The number of ether oxygens (including phenoxy) is 1. The lowest BCUT2D eigenvalue weighted by Gasteiger charge is -2.22. The molecule has 0 radical (unpaired) electrons. The van der Waals surface area contributed by atoms with Crippen LogP contribution in [0.4, 0.5) is 4.72 Å². The molecule has 1 aliphatic rings. The molecule has 2 aromatic rings. The second kappa shape index (κ2) is 9.64. The van der Waals surface area contributed by atoms with Gasteiger partial charge in [0.05, 0.1) is 6.42 Å². The third-order valence-corrected chi connectivity index (χ3v) is 4.57. The molecule has 7 heteroatoms. The van der Waals surface area contributed by atoms with Gasteiger partial charge in [0.1, 0.15) is 18.2 Å². The predicted molar refractivity (Wildman–Crippen MR) is 106 cm³/mol. The molecule has 1 atom stereocenters. The van der Waals surface area contributed by atoms with E-state index < -0.39 is 11.9 Å². The molecule has 2 aromatic carbocycles. The Balaban J connectivity index is 0.00000136. The van der Waals surface area contributed by atoms with Crippen LogP contribution in [0, 0.1) is 11.3 Å². The highest BCUT2D eigenvalue weighted by Gasteiger charge is 2.29. The van der Waals surface area contributed by atoms with Gasteiger partial charge in [-0.25, -0.2) is 0 Å². The van der Waals surface area contributed by atoms with Gasteiger partial charge in [-0.1, -0.05) is 31.7 Å². The first-order valence-electron chi connectivity index (χ1n) is 8.77. The number of nitrogens with two attached hydrogens (primary N) is 1. The van der Waals surface area contributed by atoms with Crippen molar-refractivity contribution < 1.29 is 24.1 Å². The van der Waals surface area contributed by atoms with Crippen LogP contribution < -0.4 is 10.5 Å². The number of amidine groups is 1. The molecule has 0 heterocycles. The maximum Gasteiger partial charge on any atom is 0.304 e. The summed E-state index contributed by atoms with van der Waals surface area (Å²) < 4.78 is 18.8. The fraction of sp³-hybridized carbons (Fsp3) is 0.286. The summed E-state index contributed by atoms with van der Waals surface area (Å²) in [6, 6.07) is 12.6. The third kappa shape index (κ3) is 5.16. The number of fused-ring (bicyclic) bond motifs is 1. The van der Waals surface area contributed by atoms with E-state index in [0.29, 0.717) is 36.3 Å². The Bertz CT molecular complexity index is 871. The number of carbonyl (C=O) groups is 2. The SMILES string of the molecule is C.N=C(N)c1ccc(COc2ccc3c(c2)CCC(CC(=O)O)C3=O)cc1.[3H]F. The summed E-state index contributed by atoms with van der Waals surface area (Å²) in [5, 5.41) is 16.3. The number of halogens is 1. The van der Waals surface area contributed by atoms with E-state index in [1.165, 1.54) is 0 Å². The second-order valence-electron chi connectivity index (χ2n) is 6.42. The number of hydrogen-bond donors (Lipinski definition) is 3. The van der Waals surface area contributed by atoms with E-state index in [1.54, 1.807) is 24.3 Å². The predicted octanol–water partition coefficient (Wildman–Crippen LogP) is 3.56. The van der Waals surface area contributed by atoms with Crippen molar-refractivity contribution in [1.29, 1.82) is 6.86 Å². The minimum atomic E-state index is -0.942. The van der Waals surface area contributed by atoms with Gasteiger partial charge in [-0.2, -0.15) is 0 Å². The number of nitrogens with one attached hydrogen (secondary N) is 1. The van der Waals surface area contributed by atoms with Gasteiger partial charge in [0.2, 0.25) is 0 Å². The highest BCUT2D eigenvalue weighted by atomic mass is 19.0. The van der Waals surface area contributed by atoms with Gasteiger partial charge >= 0.3 is 5.97 Å². The minimum absolute atomic E-state index is 0. The summed E-state index contributed by atoms with van der Waals surface area (Å²) in [4.78, 5) is 23.3. The number of carbonyl (C=O) groups excluding carboxylic acids is 1. The number of benzene rings is 2. The molecule has 28 heavy (non-hydrogen) atoms. The smallest absolute Gasteiger partial charge is 0.304 e. The van der Waals surface area contributed by atoms with Crippen molar-refractivity contribution >= 4 is 17.6 Å². The molecule has 1 aliphatic carbocycles. The number of carboxylic acids is 1. The normalized spacial score (nSPS) is 15.1. The molecule has 3 rings (SSSR count). The van der Waals surface area contributed by atoms with Crippen LogP contribution in [0.5, 0.6) is 5.75 Å². The number of hydrogen-bond acceptors (Lipinski definition) is 4. The summed E-state index contributed by atoms with van der Waals surface area (Å²) >= 11 is 0. The largest absolute Gasteiger partial charge is 0.489 e. The molecule has 0 fully saturated rings. The maximum absolute atomic E-state index is 12.4. The van der Waals surface area contributed by atoms with Crippen LogP contribution in [0.25, 0.3) is 0 Å². The molecule has 6 nitrogen and oxygen atoms in total. The number of rotatable bonds is 6. The molecule has 0 aliphatic heterocycles. The molecule has 0 aromatic heterocycles. The number of ketones is 1. The summed E-state index contributed by atoms with van der Waals surface area (Å²) in [5.74, 6) is -0.781. The van der Waals surface area contributed by atoms with Crippen molar-refractivity contribution in [1.82, 2.24) is 0 Å². The van der Waals surface area contributed by atoms with Gasteiger partial charge in [-0.05, 0) is 42.2 Å². The fourth-order valence-corrected chi connectivity index (χ4v) is 3.14. The second-order valence-corrected chi connectivity index (χ2v) is 6.42. The van der Waals surface area contributed by atoms with E-state index >= 15 is 0 Å². The van der Waals surface area contributed by atoms with Gasteiger partial charge in [-0.3, -0.25) is 19.7 Å². The highest BCUT2D eigenvalue weighted by Crippen LogP contribution is 2.30. The molecule has 0 saturated heterocycles. The van der Waals surface area contributed by atoms with Gasteiger partial charge in [0, 0.05) is 17.0 Å². The Morgan fingerprint density at radius 3 is 2.57 bits per heavy atom. The number of nitrogen functional groups attached to an aromatic ring is 1. The van der Waals surface area contributed by atoms with Gasteiger partial charge in [0.25, 0.3) is 1.45 Å². The van der Waals surface area contributed by atoms with Crippen molar-refractivity contribution in [3.05, 3.63) is 64.7 Å². The van der Waals surface area contributed by atoms with Crippen LogP contribution in [0.1, 0.15) is 47.3 Å². The zero-order valence-electron chi connectivity index (χ0n) is 15.6. The zero-order chi connectivity index (χ0) is 20.7. The van der Waals surface area contributed by atoms with Gasteiger partial charge in [-0.15, -0.1) is 0 Å². The summed E-state index contributed by atoms with van der Waals surface area (Å²) in [6.07, 6.45) is 1.10. The quantitative estimate of drug-likeness (QED) is 0.515. The minimum Gasteiger partial charge on any atom is -0.489 e. The number of aryl methyl sites for hydroxylation is 1. The average molecular weight is 390 g/mol. The number of aliphatic carboxylic acids is 1. The van der Waals surface area contributed by atoms with Crippen LogP contribution in [0.2, 0.25) is 0 Å². The fourth-order valence-electron chi connectivity index (χ4n) is 3.14. The Morgan fingerprint density at radius 1 is 1.29 bits per heavy atom. The first-order valence-corrected chi connectivity index (χ1v) is 8.39. The van der Waals surface area contributed by atoms with E-state index in [4.69, 9.17) is 25.7 Å². The third-order valence-electron chi connectivity index (χ3n) is 4.57. The van der Waals surface area contributed by atoms with Gasteiger partial charge in [0.15, 0.2) is 5.78 Å². The van der Waals surface area contributed by atoms with Gasteiger partial charge < -0.3 is 15.6 Å². The molecule has 0 spiro atoms. The lowest BCUT2D eigenvalue weighted by Crippen LogP contribution is -2.24. The molecule has 0 bridgehead atoms. The Hall–Kier alpha value is -3.22. The molecule has 150 valence electrons. The van der Waals surface area contributed by atoms with Crippen molar-refractivity contribution in [3.63, 3.8) is 0 Å². The summed E-state index contributed by atoms with van der Waals surface area (Å²) in [6.45, 7) is 0.368. The van der Waals surface area contributed by atoms with Crippen molar-refractivity contribution in [2.75, 3.05) is 0 Å². The number of Topliss-reactive ketones (excluding diaryl/α,β-unsaturated/α-hetero) is 1. The van der Waals surface area contributed by atoms with Crippen LogP contribution in [-0.4, -0.2) is 24.1 Å².